The van der Waals surface area contributed by atoms with Gasteiger partial charge >= 0.3 is 0 Å². The van der Waals surface area contributed by atoms with Crippen molar-refractivity contribution in [2.24, 2.45) is 5.92 Å². The highest BCUT2D eigenvalue weighted by molar-refractivity contribution is 5.95. The number of carbonyl (C=O) groups excluding carboxylic acids is 1. The molecule has 3 heterocycles. The van der Waals surface area contributed by atoms with Gasteiger partial charge in [-0.3, -0.25) is 4.79 Å². The third-order valence-corrected chi connectivity index (χ3v) is 6.57. The normalized spacial score (nSPS) is 16.2. The van der Waals surface area contributed by atoms with Crippen LogP contribution >= 0.6 is 0 Å². The lowest BCUT2D eigenvalue weighted by molar-refractivity contribution is 0.0722. The van der Waals surface area contributed by atoms with Crippen LogP contribution in [-0.4, -0.2) is 40.4 Å². The van der Waals surface area contributed by atoms with Crippen LogP contribution in [0.25, 0.3) is 0 Å². The summed E-state index contributed by atoms with van der Waals surface area (Å²) in [6.07, 6.45) is 2.45. The molecule has 2 aliphatic heterocycles. The second kappa shape index (κ2) is 9.56. The number of fused-ring (bicyclic) bond motifs is 1. The van der Waals surface area contributed by atoms with E-state index in [1.807, 2.05) is 0 Å². The largest absolute Gasteiger partial charge is 0.438 e. The summed E-state index contributed by atoms with van der Waals surface area (Å²) in [5.41, 5.74) is 0.709. The van der Waals surface area contributed by atoms with Gasteiger partial charge in [0, 0.05) is 26.1 Å². The molecule has 2 aliphatic rings. The Labute approximate surface area is 201 Å². The van der Waals surface area contributed by atoms with E-state index in [0.29, 0.717) is 29.6 Å². The highest BCUT2D eigenvalue weighted by Crippen LogP contribution is 2.33. The first kappa shape index (κ1) is 23.1. The van der Waals surface area contributed by atoms with Gasteiger partial charge in [0.15, 0.2) is 0 Å². The zero-order valence-corrected chi connectivity index (χ0v) is 19.3. The molecule has 6 nitrogen and oxygen atoms in total. The number of aromatic nitrogens is 2. The summed E-state index contributed by atoms with van der Waals surface area (Å²) in [7, 11) is 0. The van der Waals surface area contributed by atoms with Crippen LogP contribution in [0, 0.1) is 23.4 Å². The van der Waals surface area contributed by atoms with Crippen molar-refractivity contribution in [2.45, 2.75) is 32.7 Å². The Balaban J connectivity index is 1.49. The number of carbonyl (C=O) groups is 1. The first-order valence-electron chi connectivity index (χ1n) is 11.7. The predicted octanol–water partition coefficient (Wildman–Crippen LogP) is 5.12. The minimum absolute atomic E-state index is 0.0375. The molecule has 0 radical (unpaired) electrons. The fraction of sp³-hybridized carbons (Fsp3) is 0.346. The van der Waals surface area contributed by atoms with E-state index in [0.717, 1.165) is 43.8 Å². The Bertz CT molecular complexity index is 1220. The Morgan fingerprint density at radius 2 is 1.66 bits per heavy atom. The quantitative estimate of drug-likeness (QED) is 0.517. The van der Waals surface area contributed by atoms with E-state index in [4.69, 9.17) is 9.72 Å². The molecule has 0 unspecified atom stereocenters. The van der Waals surface area contributed by atoms with Crippen LogP contribution in [0.3, 0.4) is 0 Å². The lowest BCUT2D eigenvalue weighted by atomic mass is 9.99. The van der Waals surface area contributed by atoms with Crippen LogP contribution in [-0.2, 0) is 13.0 Å². The Morgan fingerprint density at radius 1 is 0.971 bits per heavy atom. The molecule has 0 spiro atoms. The molecule has 0 saturated carbocycles. The van der Waals surface area contributed by atoms with Crippen LogP contribution in [0.15, 0.2) is 42.5 Å². The minimum atomic E-state index is -0.908. The van der Waals surface area contributed by atoms with E-state index < -0.39 is 28.9 Å². The van der Waals surface area contributed by atoms with Crippen LogP contribution in [0.4, 0.5) is 19.1 Å². The summed E-state index contributed by atoms with van der Waals surface area (Å²) in [5, 5.41) is 0. The fourth-order valence-corrected chi connectivity index (χ4v) is 4.45. The van der Waals surface area contributed by atoms with Crippen molar-refractivity contribution in [2.75, 3.05) is 24.5 Å². The molecule has 0 atom stereocenters. The number of anilines is 1. The summed E-state index contributed by atoms with van der Waals surface area (Å²) < 4.78 is 48.0. The fourth-order valence-electron chi connectivity index (χ4n) is 4.45. The number of nitrogens with zero attached hydrogens (tertiary/aromatic N) is 4. The molecule has 1 saturated heterocycles. The lowest BCUT2D eigenvalue weighted by Gasteiger charge is -2.33. The van der Waals surface area contributed by atoms with E-state index >= 15 is 0 Å². The van der Waals surface area contributed by atoms with Crippen LogP contribution in [0.2, 0.25) is 0 Å². The second-order valence-corrected chi connectivity index (χ2v) is 9.05. The highest BCUT2D eigenvalue weighted by atomic mass is 19.1. The molecule has 0 N–H and O–H groups in total. The molecule has 9 heteroatoms. The first-order valence-corrected chi connectivity index (χ1v) is 11.7. The van der Waals surface area contributed by atoms with Gasteiger partial charge in [-0.05, 0) is 55.2 Å². The van der Waals surface area contributed by atoms with Crippen molar-refractivity contribution in [1.29, 1.82) is 0 Å². The van der Waals surface area contributed by atoms with Gasteiger partial charge in [-0.25, -0.2) is 18.2 Å². The molecule has 1 amide bonds. The highest BCUT2D eigenvalue weighted by Gasteiger charge is 2.31. The standard InChI is InChI=1S/C26H25F3N4O2/c1-16-9-12-32(13-10-16)26-30-22-11-14-33(25(34)23-20(28)3-2-4-21(23)29)15-19(22)24(31-26)35-18-7-5-17(27)6-8-18/h2-8,16H,9-15H2,1H3. The molecular weight excluding hydrogens is 457 g/mol. The minimum Gasteiger partial charge on any atom is -0.438 e. The Kier molecular flexibility index (Phi) is 6.32. The van der Waals surface area contributed by atoms with Gasteiger partial charge in [-0.1, -0.05) is 13.0 Å². The number of benzene rings is 2. The van der Waals surface area contributed by atoms with Crippen LogP contribution in [0.5, 0.6) is 11.6 Å². The Hall–Kier alpha value is -3.62. The summed E-state index contributed by atoms with van der Waals surface area (Å²) in [4.78, 5) is 25.9. The third-order valence-electron chi connectivity index (χ3n) is 6.57. The molecule has 182 valence electrons. The molecule has 1 aromatic heterocycles. The van der Waals surface area contributed by atoms with Crippen LogP contribution in [0.1, 0.15) is 41.4 Å². The monoisotopic (exact) mass is 482 g/mol. The topological polar surface area (TPSA) is 58.6 Å². The van der Waals surface area contributed by atoms with E-state index in [2.05, 4.69) is 16.8 Å². The summed E-state index contributed by atoms with van der Waals surface area (Å²) in [6.45, 7) is 4.16. The van der Waals surface area contributed by atoms with Crippen molar-refractivity contribution in [1.82, 2.24) is 14.9 Å². The molecule has 2 aromatic carbocycles. The molecule has 0 aliphatic carbocycles. The predicted molar refractivity (Wildman–Crippen MR) is 124 cm³/mol. The van der Waals surface area contributed by atoms with Crippen molar-refractivity contribution in [3.05, 3.63) is 76.7 Å². The number of hydrogen-bond acceptors (Lipinski definition) is 5. The first-order chi connectivity index (χ1) is 16.9. The summed E-state index contributed by atoms with van der Waals surface area (Å²) in [6, 6.07) is 8.90. The zero-order valence-electron chi connectivity index (χ0n) is 19.3. The van der Waals surface area contributed by atoms with Gasteiger partial charge in [0.1, 0.15) is 28.8 Å². The van der Waals surface area contributed by atoms with Crippen molar-refractivity contribution in [3.8, 4) is 11.6 Å². The second-order valence-electron chi connectivity index (χ2n) is 9.05. The molecule has 0 bridgehead atoms. The molecule has 35 heavy (non-hydrogen) atoms. The Morgan fingerprint density at radius 3 is 2.34 bits per heavy atom. The maximum atomic E-state index is 14.3. The molecule has 3 aromatic rings. The van der Waals surface area contributed by atoms with Gasteiger partial charge in [0.05, 0.1) is 17.8 Å². The third kappa shape index (κ3) is 4.80. The van der Waals surface area contributed by atoms with Gasteiger partial charge in [-0.2, -0.15) is 4.98 Å². The van der Waals surface area contributed by atoms with E-state index in [1.54, 1.807) is 0 Å². The van der Waals surface area contributed by atoms with Crippen LogP contribution < -0.4 is 9.64 Å². The van der Waals surface area contributed by atoms with Crippen molar-refractivity contribution >= 4 is 11.9 Å². The van der Waals surface area contributed by atoms with Gasteiger partial charge < -0.3 is 14.5 Å². The number of amides is 1. The summed E-state index contributed by atoms with van der Waals surface area (Å²) in [5.74, 6) is -1.13. The number of piperidine rings is 1. The average molecular weight is 483 g/mol. The number of halogens is 3. The number of ether oxygens (including phenoxy) is 1. The number of hydrogen-bond donors (Lipinski definition) is 0. The van der Waals surface area contributed by atoms with E-state index in [-0.39, 0.29) is 19.0 Å². The number of rotatable bonds is 4. The summed E-state index contributed by atoms with van der Waals surface area (Å²) >= 11 is 0. The van der Waals surface area contributed by atoms with E-state index in [9.17, 15) is 18.0 Å². The van der Waals surface area contributed by atoms with E-state index in [1.165, 1.54) is 35.2 Å². The smallest absolute Gasteiger partial charge is 0.260 e. The molecule has 1 fully saturated rings. The van der Waals surface area contributed by atoms with Gasteiger partial charge in [-0.15, -0.1) is 0 Å². The van der Waals surface area contributed by atoms with Gasteiger partial charge in [0.25, 0.3) is 5.91 Å². The van der Waals surface area contributed by atoms with Crippen molar-refractivity contribution < 1.29 is 22.7 Å². The molecule has 5 rings (SSSR count). The molecular formula is C26H25F3N4O2. The van der Waals surface area contributed by atoms with Gasteiger partial charge in [0.2, 0.25) is 11.8 Å². The average Bonchev–Trinajstić information content (AvgIpc) is 2.85. The maximum Gasteiger partial charge on any atom is 0.260 e. The zero-order chi connectivity index (χ0) is 24.5. The lowest BCUT2D eigenvalue weighted by Crippen LogP contribution is -2.39. The maximum absolute atomic E-state index is 14.3. The van der Waals surface area contributed by atoms with Crippen molar-refractivity contribution in [3.63, 3.8) is 0 Å². The SMILES string of the molecule is CC1CCN(c2nc3c(c(Oc4ccc(F)cc4)n2)CN(C(=O)c2c(F)cccc2F)CC3)CC1.